The molecule has 0 saturated heterocycles. The van der Waals surface area contributed by atoms with Crippen molar-refractivity contribution >= 4 is 5.97 Å². The van der Waals surface area contributed by atoms with Crippen LogP contribution in [0.25, 0.3) is 0 Å². The van der Waals surface area contributed by atoms with Gasteiger partial charge in [0.2, 0.25) is 0 Å². The van der Waals surface area contributed by atoms with E-state index in [0.29, 0.717) is 18.8 Å². The Bertz CT molecular complexity index is 159. The Morgan fingerprint density at radius 2 is 2.00 bits per heavy atom. The average molecular weight is 157 g/mol. The molecule has 0 radical (unpaired) electrons. The summed E-state index contributed by atoms with van der Waals surface area (Å²) in [4.78, 5) is 10.7. The monoisotopic (exact) mass is 157 g/mol. The summed E-state index contributed by atoms with van der Waals surface area (Å²) in [6.07, 6.45) is 3.15. The van der Waals surface area contributed by atoms with E-state index in [-0.39, 0.29) is 0 Å². The Labute approximate surface area is 66.6 Å². The Morgan fingerprint density at radius 1 is 1.55 bits per heavy atom. The first-order valence-corrected chi connectivity index (χ1v) is 4.07. The molecule has 0 amide bonds. The summed E-state index contributed by atoms with van der Waals surface area (Å²) in [5, 5.41) is 8.76. The quantitative estimate of drug-likeness (QED) is 0.596. The van der Waals surface area contributed by atoms with E-state index in [4.69, 9.17) is 10.8 Å². The second-order valence-corrected chi connectivity index (χ2v) is 3.64. The van der Waals surface area contributed by atoms with Gasteiger partial charge in [0.25, 0.3) is 0 Å². The molecule has 0 unspecified atom stereocenters. The first-order chi connectivity index (χ1) is 5.04. The van der Waals surface area contributed by atoms with Crippen LogP contribution in [0.15, 0.2) is 0 Å². The van der Waals surface area contributed by atoms with Gasteiger partial charge in [0.1, 0.15) is 5.54 Å². The molecule has 3 heteroatoms. The predicted octanol–water partition coefficient (Wildman–Crippen LogP) is 0.979. The lowest BCUT2D eigenvalue weighted by Gasteiger charge is -2.31. The minimum Gasteiger partial charge on any atom is -0.480 e. The fraction of sp³-hybridized carbons (Fsp3) is 0.875. The third kappa shape index (κ3) is 1.71. The molecule has 3 N–H and O–H groups in total. The van der Waals surface area contributed by atoms with Crippen molar-refractivity contribution in [3.8, 4) is 0 Å². The maximum Gasteiger partial charge on any atom is 0.323 e. The molecular weight excluding hydrogens is 142 g/mol. The van der Waals surface area contributed by atoms with Crippen LogP contribution in [-0.2, 0) is 4.79 Å². The van der Waals surface area contributed by atoms with Crippen LogP contribution >= 0.6 is 0 Å². The van der Waals surface area contributed by atoms with Crippen LogP contribution in [0.3, 0.4) is 0 Å². The number of hydrogen-bond acceptors (Lipinski definition) is 2. The summed E-state index contributed by atoms with van der Waals surface area (Å²) in [6, 6.07) is 0. The van der Waals surface area contributed by atoms with Crippen LogP contribution in [0.4, 0.5) is 0 Å². The van der Waals surface area contributed by atoms with Crippen LogP contribution in [0, 0.1) is 5.92 Å². The number of carbonyl (C=O) groups is 1. The van der Waals surface area contributed by atoms with Crippen molar-refractivity contribution in [2.45, 2.75) is 38.1 Å². The highest BCUT2D eigenvalue weighted by Gasteiger charge is 2.36. The summed E-state index contributed by atoms with van der Waals surface area (Å²) in [5.41, 5.74) is 4.74. The highest BCUT2D eigenvalue weighted by Crippen LogP contribution is 2.29. The minimum atomic E-state index is -0.924. The molecule has 0 aromatic heterocycles. The second kappa shape index (κ2) is 2.81. The molecule has 64 valence electrons. The molecule has 1 aliphatic rings. The van der Waals surface area contributed by atoms with E-state index in [1.165, 1.54) is 0 Å². The maximum absolute atomic E-state index is 10.7. The number of carboxylic acids is 1. The Balaban J connectivity index is 2.55. The zero-order chi connectivity index (χ0) is 8.48. The van der Waals surface area contributed by atoms with E-state index in [1.807, 2.05) is 0 Å². The zero-order valence-electron chi connectivity index (χ0n) is 6.84. The van der Waals surface area contributed by atoms with Gasteiger partial charge in [-0.1, -0.05) is 6.92 Å². The molecule has 0 spiro atoms. The molecule has 11 heavy (non-hydrogen) atoms. The number of nitrogens with two attached hydrogens (primary N) is 1. The van der Waals surface area contributed by atoms with Crippen LogP contribution < -0.4 is 5.73 Å². The first-order valence-electron chi connectivity index (χ1n) is 4.07. The Kier molecular flexibility index (Phi) is 2.18. The van der Waals surface area contributed by atoms with Crippen molar-refractivity contribution in [1.29, 1.82) is 0 Å². The molecule has 0 bridgehead atoms. The third-order valence-corrected chi connectivity index (χ3v) is 2.59. The summed E-state index contributed by atoms with van der Waals surface area (Å²) in [5.74, 6) is -0.199. The van der Waals surface area contributed by atoms with Crippen LogP contribution in [0.1, 0.15) is 32.6 Å². The van der Waals surface area contributed by atoms with Gasteiger partial charge in [0.15, 0.2) is 0 Å². The van der Waals surface area contributed by atoms with Gasteiger partial charge in [-0.05, 0) is 31.6 Å². The summed E-state index contributed by atoms with van der Waals surface area (Å²) in [7, 11) is 0. The van der Waals surface area contributed by atoms with Gasteiger partial charge in [0.05, 0.1) is 0 Å². The largest absolute Gasteiger partial charge is 0.480 e. The van der Waals surface area contributed by atoms with Crippen LogP contribution in [0.2, 0.25) is 0 Å². The van der Waals surface area contributed by atoms with Crippen molar-refractivity contribution in [1.82, 2.24) is 0 Å². The van der Waals surface area contributed by atoms with Gasteiger partial charge >= 0.3 is 5.97 Å². The van der Waals surface area contributed by atoms with Crippen molar-refractivity contribution in [2.24, 2.45) is 11.7 Å². The van der Waals surface area contributed by atoms with Gasteiger partial charge in [-0.25, -0.2) is 0 Å². The standard InChI is InChI=1S/C8H15NO2/c1-6-2-4-8(9,5-3-6)7(10)11/h6H,2-5,9H2,1H3,(H,10,11)/t6-,8-. The third-order valence-electron chi connectivity index (χ3n) is 2.59. The SMILES string of the molecule is C[C@H]1CC[C@@](N)(C(=O)O)CC1. The van der Waals surface area contributed by atoms with Crippen molar-refractivity contribution in [3.05, 3.63) is 0 Å². The number of aliphatic carboxylic acids is 1. The molecule has 1 fully saturated rings. The lowest BCUT2D eigenvalue weighted by molar-refractivity contribution is -0.144. The van der Waals surface area contributed by atoms with Crippen molar-refractivity contribution in [3.63, 3.8) is 0 Å². The van der Waals surface area contributed by atoms with E-state index in [9.17, 15) is 4.79 Å². The number of carboxylic acid groups (broad SMARTS) is 1. The summed E-state index contributed by atoms with van der Waals surface area (Å²) >= 11 is 0. The molecule has 0 aromatic carbocycles. The average Bonchev–Trinajstić information content (AvgIpc) is 1.95. The first kappa shape index (κ1) is 8.53. The molecule has 3 nitrogen and oxygen atoms in total. The maximum atomic E-state index is 10.7. The topological polar surface area (TPSA) is 63.3 Å². The lowest BCUT2D eigenvalue weighted by atomic mass is 9.78. The van der Waals surface area contributed by atoms with Crippen LogP contribution in [-0.4, -0.2) is 16.6 Å². The molecule has 1 saturated carbocycles. The fourth-order valence-corrected chi connectivity index (χ4v) is 1.49. The van der Waals surface area contributed by atoms with Gasteiger partial charge in [-0.3, -0.25) is 4.79 Å². The normalized spacial score (nSPS) is 38.5. The van der Waals surface area contributed by atoms with E-state index >= 15 is 0 Å². The second-order valence-electron chi connectivity index (χ2n) is 3.64. The molecule has 0 atom stereocenters. The van der Waals surface area contributed by atoms with E-state index < -0.39 is 11.5 Å². The van der Waals surface area contributed by atoms with Crippen molar-refractivity contribution < 1.29 is 9.90 Å². The van der Waals surface area contributed by atoms with E-state index in [0.717, 1.165) is 12.8 Å². The summed E-state index contributed by atoms with van der Waals surface area (Å²) < 4.78 is 0. The Hall–Kier alpha value is -0.570. The van der Waals surface area contributed by atoms with Gasteiger partial charge in [0, 0.05) is 0 Å². The molecule has 1 aliphatic carbocycles. The van der Waals surface area contributed by atoms with Crippen LogP contribution in [0.5, 0.6) is 0 Å². The highest BCUT2D eigenvalue weighted by molar-refractivity contribution is 5.78. The Morgan fingerprint density at radius 3 is 2.36 bits per heavy atom. The van der Waals surface area contributed by atoms with Gasteiger partial charge in [-0.2, -0.15) is 0 Å². The van der Waals surface area contributed by atoms with Crippen molar-refractivity contribution in [2.75, 3.05) is 0 Å². The lowest BCUT2D eigenvalue weighted by Crippen LogP contribution is -2.50. The zero-order valence-corrected chi connectivity index (χ0v) is 6.84. The number of rotatable bonds is 1. The molecule has 0 aromatic rings. The summed E-state index contributed by atoms with van der Waals surface area (Å²) in [6.45, 7) is 2.14. The fourth-order valence-electron chi connectivity index (χ4n) is 1.49. The van der Waals surface area contributed by atoms with Gasteiger partial charge in [-0.15, -0.1) is 0 Å². The van der Waals surface area contributed by atoms with E-state index in [1.54, 1.807) is 0 Å². The molecule has 0 aliphatic heterocycles. The molecule has 0 heterocycles. The molecular formula is C8H15NO2. The number of hydrogen-bond donors (Lipinski definition) is 2. The highest BCUT2D eigenvalue weighted by atomic mass is 16.4. The van der Waals surface area contributed by atoms with E-state index in [2.05, 4.69) is 6.92 Å². The smallest absolute Gasteiger partial charge is 0.323 e. The predicted molar refractivity (Wildman–Crippen MR) is 42.2 cm³/mol. The van der Waals surface area contributed by atoms with Gasteiger partial charge < -0.3 is 10.8 Å². The molecule has 1 rings (SSSR count). The minimum absolute atomic E-state index is 0.628.